The highest BCUT2D eigenvalue weighted by molar-refractivity contribution is 5.85. The number of nitriles is 1. The molecule has 0 aliphatic heterocycles. The molecule has 5 nitrogen and oxygen atoms in total. The first-order valence-corrected chi connectivity index (χ1v) is 6.78. The minimum absolute atomic E-state index is 0.530. The van der Waals surface area contributed by atoms with Gasteiger partial charge in [0.15, 0.2) is 0 Å². The normalized spacial score (nSPS) is 10.3. The number of benzene rings is 1. The molecule has 0 aliphatic rings. The minimum Gasteiger partial charge on any atom is -0.369 e. The van der Waals surface area contributed by atoms with Crippen molar-refractivity contribution in [1.29, 1.82) is 5.26 Å². The molecule has 1 aromatic carbocycles. The SMILES string of the molecule is CCNc1ncc(C#N)cc1Nc1ccc2[nH]ccc2c1. The van der Waals surface area contributed by atoms with Gasteiger partial charge in [0.1, 0.15) is 11.9 Å². The van der Waals surface area contributed by atoms with Crippen molar-refractivity contribution in [3.63, 3.8) is 0 Å². The molecule has 2 heterocycles. The molecule has 104 valence electrons. The number of rotatable bonds is 4. The van der Waals surface area contributed by atoms with Crippen LogP contribution in [0.5, 0.6) is 0 Å². The Morgan fingerprint density at radius 1 is 1.29 bits per heavy atom. The van der Waals surface area contributed by atoms with Crippen molar-refractivity contribution in [2.24, 2.45) is 0 Å². The molecule has 21 heavy (non-hydrogen) atoms. The lowest BCUT2D eigenvalue weighted by Crippen LogP contribution is -2.04. The summed E-state index contributed by atoms with van der Waals surface area (Å²) in [6.45, 7) is 2.78. The maximum atomic E-state index is 9.02. The molecular formula is C16H15N5. The Balaban J connectivity index is 1.97. The Bertz CT molecular complexity index is 813. The van der Waals surface area contributed by atoms with Crippen LogP contribution in [0.25, 0.3) is 10.9 Å². The molecule has 3 aromatic rings. The highest BCUT2D eigenvalue weighted by Gasteiger charge is 2.06. The van der Waals surface area contributed by atoms with Gasteiger partial charge in [-0.15, -0.1) is 0 Å². The fourth-order valence-corrected chi connectivity index (χ4v) is 2.22. The third kappa shape index (κ3) is 2.65. The van der Waals surface area contributed by atoms with Gasteiger partial charge in [-0.1, -0.05) is 0 Å². The summed E-state index contributed by atoms with van der Waals surface area (Å²) in [5, 5.41) is 16.7. The van der Waals surface area contributed by atoms with Gasteiger partial charge in [0.2, 0.25) is 0 Å². The van der Waals surface area contributed by atoms with Crippen LogP contribution < -0.4 is 10.6 Å². The average molecular weight is 277 g/mol. The van der Waals surface area contributed by atoms with Crippen molar-refractivity contribution in [2.75, 3.05) is 17.2 Å². The summed E-state index contributed by atoms with van der Waals surface area (Å²) in [6.07, 6.45) is 3.48. The van der Waals surface area contributed by atoms with E-state index in [0.29, 0.717) is 5.56 Å². The first-order valence-electron chi connectivity index (χ1n) is 6.78. The lowest BCUT2D eigenvalue weighted by Gasteiger charge is -2.12. The summed E-state index contributed by atoms with van der Waals surface area (Å²) < 4.78 is 0. The lowest BCUT2D eigenvalue weighted by atomic mass is 10.2. The molecule has 5 heteroatoms. The van der Waals surface area contributed by atoms with Gasteiger partial charge < -0.3 is 15.6 Å². The van der Waals surface area contributed by atoms with Gasteiger partial charge >= 0.3 is 0 Å². The number of hydrogen-bond acceptors (Lipinski definition) is 4. The van der Waals surface area contributed by atoms with E-state index < -0.39 is 0 Å². The number of hydrogen-bond donors (Lipinski definition) is 3. The van der Waals surface area contributed by atoms with Crippen LogP contribution in [-0.4, -0.2) is 16.5 Å². The number of aromatic nitrogens is 2. The average Bonchev–Trinajstić information content (AvgIpc) is 2.97. The molecule has 0 saturated heterocycles. The van der Waals surface area contributed by atoms with Gasteiger partial charge in [0, 0.05) is 35.5 Å². The Morgan fingerprint density at radius 3 is 3.00 bits per heavy atom. The highest BCUT2D eigenvalue weighted by atomic mass is 15.0. The number of nitrogens with zero attached hydrogens (tertiary/aromatic N) is 2. The maximum Gasteiger partial charge on any atom is 0.149 e. The van der Waals surface area contributed by atoms with Gasteiger partial charge in [-0.05, 0) is 37.3 Å². The zero-order chi connectivity index (χ0) is 14.7. The van der Waals surface area contributed by atoms with Crippen LogP contribution in [0.2, 0.25) is 0 Å². The van der Waals surface area contributed by atoms with Gasteiger partial charge in [-0.25, -0.2) is 4.98 Å². The molecule has 0 aliphatic carbocycles. The van der Waals surface area contributed by atoms with E-state index in [9.17, 15) is 0 Å². The van der Waals surface area contributed by atoms with E-state index in [-0.39, 0.29) is 0 Å². The number of pyridine rings is 1. The third-order valence-corrected chi connectivity index (χ3v) is 3.19. The zero-order valence-electron chi connectivity index (χ0n) is 11.6. The molecule has 3 N–H and O–H groups in total. The molecule has 0 fully saturated rings. The summed E-state index contributed by atoms with van der Waals surface area (Å²) in [4.78, 5) is 7.45. The largest absolute Gasteiger partial charge is 0.369 e. The zero-order valence-corrected chi connectivity index (χ0v) is 11.6. The van der Waals surface area contributed by atoms with Crippen molar-refractivity contribution >= 4 is 28.1 Å². The first kappa shape index (κ1) is 13.0. The van der Waals surface area contributed by atoms with E-state index in [1.807, 2.05) is 31.3 Å². The second-order valence-electron chi connectivity index (χ2n) is 4.67. The molecule has 0 bridgehead atoms. The van der Waals surface area contributed by atoms with Crippen LogP contribution in [0.1, 0.15) is 12.5 Å². The molecule has 0 amide bonds. The molecule has 0 unspecified atom stereocenters. The van der Waals surface area contributed by atoms with E-state index in [2.05, 4.69) is 32.7 Å². The van der Waals surface area contributed by atoms with Gasteiger partial charge in [-0.2, -0.15) is 5.26 Å². The molecule has 0 atom stereocenters. The highest BCUT2D eigenvalue weighted by Crippen LogP contribution is 2.26. The molecule has 0 saturated carbocycles. The van der Waals surface area contributed by atoms with Crippen LogP contribution in [0.3, 0.4) is 0 Å². The number of aromatic amines is 1. The molecule has 0 spiro atoms. The van der Waals surface area contributed by atoms with E-state index in [4.69, 9.17) is 5.26 Å². The van der Waals surface area contributed by atoms with E-state index in [1.54, 1.807) is 12.3 Å². The quantitative estimate of drug-likeness (QED) is 0.681. The lowest BCUT2D eigenvalue weighted by molar-refractivity contribution is 1.15. The van der Waals surface area contributed by atoms with Crippen LogP contribution in [0.15, 0.2) is 42.7 Å². The van der Waals surface area contributed by atoms with Crippen molar-refractivity contribution in [2.45, 2.75) is 6.92 Å². The summed E-state index contributed by atoms with van der Waals surface area (Å²) >= 11 is 0. The van der Waals surface area contributed by atoms with Crippen molar-refractivity contribution in [3.8, 4) is 6.07 Å². The van der Waals surface area contributed by atoms with Crippen LogP contribution in [0, 0.1) is 11.3 Å². The van der Waals surface area contributed by atoms with E-state index in [1.165, 1.54) is 0 Å². The summed E-state index contributed by atoms with van der Waals surface area (Å²) in [5.74, 6) is 0.741. The second kappa shape index (κ2) is 5.55. The summed E-state index contributed by atoms with van der Waals surface area (Å²) in [7, 11) is 0. The molecule has 3 rings (SSSR count). The van der Waals surface area contributed by atoms with Crippen molar-refractivity contribution in [3.05, 3.63) is 48.3 Å². The van der Waals surface area contributed by atoms with E-state index >= 15 is 0 Å². The number of nitrogens with one attached hydrogen (secondary N) is 3. The predicted octanol–water partition coefficient (Wildman–Crippen LogP) is 3.61. The van der Waals surface area contributed by atoms with Gasteiger partial charge in [0.25, 0.3) is 0 Å². The summed E-state index contributed by atoms with van der Waals surface area (Å²) in [5.41, 5.74) is 3.38. The second-order valence-corrected chi connectivity index (χ2v) is 4.67. The fourth-order valence-electron chi connectivity index (χ4n) is 2.22. The van der Waals surface area contributed by atoms with Gasteiger partial charge in [-0.3, -0.25) is 0 Å². The Morgan fingerprint density at radius 2 is 2.19 bits per heavy atom. The standard InChI is InChI=1S/C16H15N5/c1-2-18-16-15(7-11(9-17)10-20-16)21-13-3-4-14-12(8-13)5-6-19-14/h3-8,10,19,21H,2H2,1H3,(H,18,20). The van der Waals surface area contributed by atoms with Crippen LogP contribution in [-0.2, 0) is 0 Å². The first-order chi connectivity index (χ1) is 10.3. The Labute approximate surface area is 122 Å². The minimum atomic E-state index is 0.530. The summed E-state index contributed by atoms with van der Waals surface area (Å²) in [6, 6.07) is 12.0. The molecule has 0 radical (unpaired) electrons. The number of H-pyrrole nitrogens is 1. The molecular weight excluding hydrogens is 262 g/mol. The topological polar surface area (TPSA) is 76.5 Å². The van der Waals surface area contributed by atoms with Crippen molar-refractivity contribution in [1.82, 2.24) is 9.97 Å². The maximum absolute atomic E-state index is 9.02. The van der Waals surface area contributed by atoms with Gasteiger partial charge in [0.05, 0.1) is 11.3 Å². The Kier molecular flexibility index (Phi) is 3.44. The Hall–Kier alpha value is -3.00. The molecule has 2 aromatic heterocycles. The van der Waals surface area contributed by atoms with Crippen molar-refractivity contribution < 1.29 is 0 Å². The monoisotopic (exact) mass is 277 g/mol. The smallest absolute Gasteiger partial charge is 0.149 e. The van der Waals surface area contributed by atoms with E-state index in [0.717, 1.165) is 34.6 Å². The van der Waals surface area contributed by atoms with Crippen LogP contribution >= 0.6 is 0 Å². The third-order valence-electron chi connectivity index (χ3n) is 3.19. The predicted molar refractivity (Wildman–Crippen MR) is 84.7 cm³/mol. The fraction of sp³-hybridized carbons (Fsp3) is 0.125. The van der Waals surface area contributed by atoms with Crippen LogP contribution in [0.4, 0.5) is 17.2 Å². The number of fused-ring (bicyclic) bond motifs is 1. The number of anilines is 3.